The zero-order valence-electron chi connectivity index (χ0n) is 12.5. The Morgan fingerprint density at radius 2 is 1.75 bits per heavy atom. The van der Waals surface area contributed by atoms with E-state index in [1.165, 1.54) is 0 Å². The average Bonchev–Trinajstić information content (AvgIpc) is 2.42. The topological polar surface area (TPSA) is 55.8 Å². The number of carbonyl (C=O) groups is 1. The van der Waals surface area contributed by atoms with Gasteiger partial charge in [-0.2, -0.15) is 0 Å². The van der Waals surface area contributed by atoms with Crippen LogP contribution in [0.2, 0.25) is 0 Å². The van der Waals surface area contributed by atoms with Gasteiger partial charge in [0.2, 0.25) is 0 Å². The van der Waals surface area contributed by atoms with E-state index in [9.17, 15) is 4.79 Å². The molecule has 112 valence electrons. The molecule has 4 heteroatoms. The molecular formula is C16H24O4. The van der Waals surface area contributed by atoms with Gasteiger partial charge in [-0.25, -0.2) is 0 Å². The Bertz CT molecular complexity index is 428. The fourth-order valence-corrected chi connectivity index (χ4v) is 1.87. The maximum absolute atomic E-state index is 10.8. The first-order chi connectivity index (χ1) is 9.58. The summed E-state index contributed by atoms with van der Waals surface area (Å²) in [6.45, 7) is 7.27. The van der Waals surface area contributed by atoms with Crippen LogP contribution in [0.25, 0.3) is 0 Å². The van der Waals surface area contributed by atoms with Gasteiger partial charge in [0.1, 0.15) is 0 Å². The fraction of sp³-hybridized carbons (Fsp3) is 0.562. The monoisotopic (exact) mass is 280 g/mol. The zero-order valence-corrected chi connectivity index (χ0v) is 12.5. The van der Waals surface area contributed by atoms with E-state index in [-0.39, 0.29) is 12.3 Å². The molecule has 4 nitrogen and oxygen atoms in total. The Labute approximate surface area is 120 Å². The molecule has 1 atom stereocenters. The maximum Gasteiger partial charge on any atom is 0.303 e. The van der Waals surface area contributed by atoms with E-state index in [0.717, 1.165) is 24.2 Å². The molecule has 1 N–H and O–H groups in total. The Balaban J connectivity index is 2.90. The van der Waals surface area contributed by atoms with E-state index < -0.39 is 5.97 Å². The van der Waals surface area contributed by atoms with Crippen LogP contribution in [0.15, 0.2) is 18.2 Å². The number of ether oxygens (including phenoxy) is 2. The summed E-state index contributed by atoms with van der Waals surface area (Å²) < 4.78 is 11.4. The highest BCUT2D eigenvalue weighted by Crippen LogP contribution is 2.32. The van der Waals surface area contributed by atoms with Crippen molar-refractivity contribution in [1.82, 2.24) is 0 Å². The summed E-state index contributed by atoms with van der Waals surface area (Å²) in [5.74, 6) is 0.596. The minimum Gasteiger partial charge on any atom is -0.490 e. The van der Waals surface area contributed by atoms with Crippen molar-refractivity contribution in [3.8, 4) is 11.5 Å². The number of carboxylic acids is 1. The standard InChI is InChI=1S/C16H24O4/c1-4-8-19-14-7-6-13(12(3)10-16(17)18)11-15(14)20-9-5-2/h6-7,11-12H,4-5,8-10H2,1-3H3,(H,17,18). The number of carboxylic acid groups (broad SMARTS) is 1. The van der Waals surface area contributed by atoms with Crippen LogP contribution < -0.4 is 9.47 Å². The van der Waals surface area contributed by atoms with Crippen LogP contribution in [0.1, 0.15) is 51.5 Å². The highest BCUT2D eigenvalue weighted by atomic mass is 16.5. The van der Waals surface area contributed by atoms with Crippen LogP contribution in [0.5, 0.6) is 11.5 Å². The molecular weight excluding hydrogens is 256 g/mol. The smallest absolute Gasteiger partial charge is 0.303 e. The third-order valence-electron chi connectivity index (χ3n) is 2.94. The van der Waals surface area contributed by atoms with E-state index in [1.54, 1.807) is 0 Å². The van der Waals surface area contributed by atoms with E-state index in [0.29, 0.717) is 19.0 Å². The molecule has 1 aromatic carbocycles. The second-order valence-corrected chi connectivity index (χ2v) is 4.90. The first kappa shape index (κ1) is 16.3. The summed E-state index contributed by atoms with van der Waals surface area (Å²) in [4.78, 5) is 10.8. The number of hydrogen-bond donors (Lipinski definition) is 1. The molecule has 20 heavy (non-hydrogen) atoms. The number of benzene rings is 1. The van der Waals surface area contributed by atoms with Gasteiger partial charge < -0.3 is 14.6 Å². The summed E-state index contributed by atoms with van der Waals surface area (Å²) >= 11 is 0. The first-order valence-electron chi connectivity index (χ1n) is 7.19. The predicted octanol–water partition coefficient (Wildman–Crippen LogP) is 3.84. The SMILES string of the molecule is CCCOc1ccc(C(C)CC(=O)O)cc1OCCC. The molecule has 0 heterocycles. The van der Waals surface area contributed by atoms with Crippen molar-refractivity contribution in [3.05, 3.63) is 23.8 Å². The maximum atomic E-state index is 10.8. The Morgan fingerprint density at radius 1 is 1.15 bits per heavy atom. The second-order valence-electron chi connectivity index (χ2n) is 4.90. The van der Waals surface area contributed by atoms with Gasteiger partial charge in [0.25, 0.3) is 0 Å². The lowest BCUT2D eigenvalue weighted by Crippen LogP contribution is -2.05. The van der Waals surface area contributed by atoms with Crippen LogP contribution in [0.3, 0.4) is 0 Å². The normalized spacial score (nSPS) is 11.9. The van der Waals surface area contributed by atoms with Gasteiger partial charge in [-0.15, -0.1) is 0 Å². The molecule has 0 aliphatic rings. The van der Waals surface area contributed by atoms with E-state index in [4.69, 9.17) is 14.6 Å². The fourth-order valence-electron chi connectivity index (χ4n) is 1.87. The van der Waals surface area contributed by atoms with E-state index in [2.05, 4.69) is 6.92 Å². The largest absolute Gasteiger partial charge is 0.490 e. The minimum absolute atomic E-state index is 0.0447. The molecule has 0 aromatic heterocycles. The van der Waals surface area contributed by atoms with Crippen LogP contribution in [-0.4, -0.2) is 24.3 Å². The van der Waals surface area contributed by atoms with Gasteiger partial charge in [-0.1, -0.05) is 26.8 Å². The zero-order chi connectivity index (χ0) is 15.0. The Hall–Kier alpha value is -1.71. The average molecular weight is 280 g/mol. The van der Waals surface area contributed by atoms with Crippen molar-refractivity contribution in [2.45, 2.75) is 46.0 Å². The summed E-state index contributed by atoms with van der Waals surface area (Å²) in [5.41, 5.74) is 0.961. The van der Waals surface area contributed by atoms with Crippen molar-refractivity contribution < 1.29 is 19.4 Å². The summed E-state index contributed by atoms with van der Waals surface area (Å²) in [7, 11) is 0. The Morgan fingerprint density at radius 3 is 2.30 bits per heavy atom. The molecule has 0 saturated carbocycles. The predicted molar refractivity (Wildman–Crippen MR) is 78.7 cm³/mol. The van der Waals surface area contributed by atoms with Crippen molar-refractivity contribution in [2.75, 3.05) is 13.2 Å². The highest BCUT2D eigenvalue weighted by molar-refractivity contribution is 5.68. The van der Waals surface area contributed by atoms with E-state index in [1.807, 2.05) is 32.0 Å². The molecule has 1 unspecified atom stereocenters. The van der Waals surface area contributed by atoms with Crippen LogP contribution >= 0.6 is 0 Å². The van der Waals surface area contributed by atoms with Gasteiger partial charge in [-0.3, -0.25) is 4.79 Å². The third kappa shape index (κ3) is 5.11. The molecule has 1 rings (SSSR count). The van der Waals surface area contributed by atoms with Crippen LogP contribution in [-0.2, 0) is 4.79 Å². The van der Waals surface area contributed by atoms with Gasteiger partial charge in [-0.05, 0) is 36.5 Å². The molecule has 0 aliphatic carbocycles. The molecule has 0 bridgehead atoms. The number of rotatable bonds is 9. The lowest BCUT2D eigenvalue weighted by Gasteiger charge is -2.16. The molecule has 0 fully saturated rings. The molecule has 1 aromatic rings. The molecule has 0 aliphatic heterocycles. The van der Waals surface area contributed by atoms with Crippen molar-refractivity contribution in [1.29, 1.82) is 0 Å². The van der Waals surface area contributed by atoms with Crippen molar-refractivity contribution >= 4 is 5.97 Å². The summed E-state index contributed by atoms with van der Waals surface area (Å²) in [6.07, 6.45) is 1.97. The van der Waals surface area contributed by atoms with E-state index >= 15 is 0 Å². The molecule has 0 radical (unpaired) electrons. The van der Waals surface area contributed by atoms with Gasteiger partial charge in [0, 0.05) is 0 Å². The van der Waals surface area contributed by atoms with Crippen LogP contribution in [0, 0.1) is 0 Å². The van der Waals surface area contributed by atoms with Gasteiger partial charge >= 0.3 is 5.97 Å². The van der Waals surface area contributed by atoms with Crippen LogP contribution in [0.4, 0.5) is 0 Å². The first-order valence-corrected chi connectivity index (χ1v) is 7.19. The quantitative estimate of drug-likeness (QED) is 0.746. The minimum atomic E-state index is -0.792. The second kappa shape index (κ2) is 8.46. The highest BCUT2D eigenvalue weighted by Gasteiger charge is 2.13. The Kier molecular flexibility index (Phi) is 6.91. The lowest BCUT2D eigenvalue weighted by atomic mass is 9.97. The molecule has 0 spiro atoms. The molecule has 0 amide bonds. The lowest BCUT2D eigenvalue weighted by molar-refractivity contribution is -0.137. The number of aliphatic carboxylic acids is 1. The third-order valence-corrected chi connectivity index (χ3v) is 2.94. The van der Waals surface area contributed by atoms with Gasteiger partial charge in [0.15, 0.2) is 11.5 Å². The van der Waals surface area contributed by atoms with Gasteiger partial charge in [0.05, 0.1) is 19.6 Å². The van der Waals surface area contributed by atoms with Crippen molar-refractivity contribution in [3.63, 3.8) is 0 Å². The molecule has 0 saturated heterocycles. The van der Waals surface area contributed by atoms with Crippen molar-refractivity contribution in [2.24, 2.45) is 0 Å². The number of hydrogen-bond acceptors (Lipinski definition) is 3. The summed E-state index contributed by atoms with van der Waals surface area (Å²) in [6, 6.07) is 5.68. The summed E-state index contributed by atoms with van der Waals surface area (Å²) in [5, 5.41) is 8.87.